The van der Waals surface area contributed by atoms with Crippen molar-refractivity contribution >= 4 is 28.5 Å². The van der Waals surface area contributed by atoms with Gasteiger partial charge in [0.15, 0.2) is 5.65 Å². The molecule has 3 N–H and O–H groups in total. The van der Waals surface area contributed by atoms with Crippen LogP contribution in [0, 0.1) is 0 Å². The van der Waals surface area contributed by atoms with Gasteiger partial charge in [-0.25, -0.2) is 19.9 Å². The Morgan fingerprint density at radius 2 is 1.70 bits per heavy atom. The van der Waals surface area contributed by atoms with Crippen molar-refractivity contribution in [2.45, 2.75) is 31.8 Å². The van der Waals surface area contributed by atoms with Crippen molar-refractivity contribution in [1.29, 1.82) is 0 Å². The number of rotatable bonds is 7. The third-order valence-electron chi connectivity index (χ3n) is 5.13. The Bertz CT molecular complexity index is 1400. The van der Waals surface area contributed by atoms with Crippen molar-refractivity contribution in [3.05, 3.63) is 54.0 Å². The number of aliphatic hydroxyl groups is 1. The van der Waals surface area contributed by atoms with E-state index in [4.69, 9.17) is 0 Å². The quantitative estimate of drug-likeness (QED) is 0.292. The number of aliphatic hydroxyl groups excluding tert-OH is 1. The molecule has 0 saturated heterocycles. The molecular formula is C22H18F6N8O. The Labute approximate surface area is 205 Å². The number of hydrogen-bond acceptors (Lipinski definition) is 9. The molecule has 15 heteroatoms. The van der Waals surface area contributed by atoms with Gasteiger partial charge in [-0.1, -0.05) is 6.92 Å². The lowest BCUT2D eigenvalue weighted by molar-refractivity contribution is -0.138. The molecule has 0 saturated carbocycles. The van der Waals surface area contributed by atoms with E-state index >= 15 is 0 Å². The molecule has 4 rings (SSSR count). The van der Waals surface area contributed by atoms with E-state index < -0.39 is 35.3 Å². The predicted octanol–water partition coefficient (Wildman–Crippen LogP) is 4.84. The van der Waals surface area contributed by atoms with Crippen LogP contribution < -0.4 is 10.6 Å². The monoisotopic (exact) mass is 524 g/mol. The molecule has 0 spiro atoms. The van der Waals surface area contributed by atoms with Gasteiger partial charge in [0.2, 0.25) is 0 Å². The molecule has 1 atom stereocenters. The van der Waals surface area contributed by atoms with Crippen LogP contribution in [0.15, 0.2) is 42.9 Å². The second-order valence-corrected chi connectivity index (χ2v) is 7.77. The third-order valence-corrected chi connectivity index (χ3v) is 5.13. The molecule has 4 aromatic rings. The van der Waals surface area contributed by atoms with Gasteiger partial charge in [-0.15, -0.1) is 10.2 Å². The summed E-state index contributed by atoms with van der Waals surface area (Å²) in [6.45, 7) is 1.71. The number of halogens is 6. The molecule has 0 amide bonds. The highest BCUT2D eigenvalue weighted by atomic mass is 19.4. The largest absolute Gasteiger partial charge is 0.418 e. The summed E-state index contributed by atoms with van der Waals surface area (Å²) in [6, 6.07) is 4.19. The molecule has 4 aromatic heterocycles. The van der Waals surface area contributed by atoms with Gasteiger partial charge in [0.25, 0.3) is 0 Å². The Kier molecular flexibility index (Phi) is 7.07. The normalized spacial score (nSPS) is 13.0. The van der Waals surface area contributed by atoms with Crippen molar-refractivity contribution in [2.75, 3.05) is 17.2 Å². The van der Waals surface area contributed by atoms with Gasteiger partial charge in [-0.05, 0) is 30.7 Å². The van der Waals surface area contributed by atoms with E-state index in [0.29, 0.717) is 12.6 Å². The smallest absolute Gasteiger partial charge is 0.391 e. The maximum Gasteiger partial charge on any atom is 0.418 e. The summed E-state index contributed by atoms with van der Waals surface area (Å²) in [5.74, 6) is -0.0983. The van der Waals surface area contributed by atoms with Crippen LogP contribution in [0.5, 0.6) is 0 Å². The van der Waals surface area contributed by atoms with Crippen LogP contribution in [-0.4, -0.2) is 47.9 Å². The first-order valence-electron chi connectivity index (χ1n) is 10.7. The number of hydrogen-bond donors (Lipinski definition) is 3. The fourth-order valence-corrected chi connectivity index (χ4v) is 3.16. The highest BCUT2D eigenvalue weighted by Crippen LogP contribution is 2.36. The van der Waals surface area contributed by atoms with Gasteiger partial charge in [0.1, 0.15) is 28.5 Å². The summed E-state index contributed by atoms with van der Waals surface area (Å²) < 4.78 is 79.7. The molecule has 0 fully saturated rings. The van der Waals surface area contributed by atoms with Crippen LogP contribution in [-0.2, 0) is 12.4 Å². The third kappa shape index (κ3) is 5.99. The highest BCUT2D eigenvalue weighted by molar-refractivity contribution is 5.87. The van der Waals surface area contributed by atoms with E-state index in [0.717, 1.165) is 24.4 Å². The lowest BCUT2D eigenvalue weighted by atomic mass is 10.1. The van der Waals surface area contributed by atoms with Crippen molar-refractivity contribution in [2.24, 2.45) is 0 Å². The molecule has 37 heavy (non-hydrogen) atoms. The molecule has 0 aliphatic rings. The number of alkyl halides is 6. The van der Waals surface area contributed by atoms with Gasteiger partial charge >= 0.3 is 12.4 Å². The van der Waals surface area contributed by atoms with Gasteiger partial charge in [0, 0.05) is 18.9 Å². The Hall–Kier alpha value is -4.14. The maximum absolute atomic E-state index is 13.8. The highest BCUT2D eigenvalue weighted by Gasteiger charge is 2.36. The summed E-state index contributed by atoms with van der Waals surface area (Å²) in [7, 11) is 0. The van der Waals surface area contributed by atoms with Gasteiger partial charge < -0.3 is 15.7 Å². The second kappa shape index (κ2) is 10.1. The fourth-order valence-electron chi connectivity index (χ4n) is 3.16. The standard InChI is InChI=1S/C22H18F6N8O/c1-2-12(37)9-31-17-7-13(22(26,27)28)18(36-35-17)15-10-32-19-14(5-6-29-20(19)34-15)33-16-4-3-11(8-30-16)21(23,24)25/h3-8,10,12,37H,2,9H2,1H3,(H,31,35)(H,29,30,33,34). The van der Waals surface area contributed by atoms with E-state index in [1.807, 2.05) is 0 Å². The van der Waals surface area contributed by atoms with E-state index in [9.17, 15) is 31.4 Å². The van der Waals surface area contributed by atoms with Gasteiger partial charge in [-0.2, -0.15) is 26.3 Å². The summed E-state index contributed by atoms with van der Waals surface area (Å²) in [5.41, 5.74) is -2.50. The molecular weight excluding hydrogens is 506 g/mol. The van der Waals surface area contributed by atoms with Crippen LogP contribution in [0.2, 0.25) is 0 Å². The van der Waals surface area contributed by atoms with Crippen molar-refractivity contribution in [3.63, 3.8) is 0 Å². The molecule has 0 aliphatic carbocycles. The van der Waals surface area contributed by atoms with Crippen molar-refractivity contribution in [1.82, 2.24) is 30.1 Å². The second-order valence-electron chi connectivity index (χ2n) is 7.77. The topological polar surface area (TPSA) is 122 Å². The summed E-state index contributed by atoms with van der Waals surface area (Å²) in [5, 5.41) is 22.5. The van der Waals surface area contributed by atoms with E-state index in [1.165, 1.54) is 12.3 Å². The Morgan fingerprint density at radius 3 is 2.35 bits per heavy atom. The average molecular weight is 524 g/mol. The van der Waals surface area contributed by atoms with Crippen LogP contribution in [0.3, 0.4) is 0 Å². The summed E-state index contributed by atoms with van der Waals surface area (Å²) >= 11 is 0. The summed E-state index contributed by atoms with van der Waals surface area (Å²) in [4.78, 5) is 16.0. The van der Waals surface area contributed by atoms with Crippen LogP contribution in [0.4, 0.5) is 43.7 Å². The van der Waals surface area contributed by atoms with Crippen LogP contribution >= 0.6 is 0 Å². The zero-order valence-electron chi connectivity index (χ0n) is 18.9. The van der Waals surface area contributed by atoms with E-state index in [2.05, 4.69) is 40.8 Å². The number of nitrogens with zero attached hydrogens (tertiary/aromatic N) is 6. The number of nitrogens with one attached hydrogen (secondary N) is 2. The van der Waals surface area contributed by atoms with Crippen LogP contribution in [0.25, 0.3) is 22.6 Å². The molecule has 1 unspecified atom stereocenters. The number of anilines is 3. The zero-order valence-corrected chi connectivity index (χ0v) is 18.9. The van der Waals surface area contributed by atoms with Crippen LogP contribution in [0.1, 0.15) is 24.5 Å². The first-order valence-corrected chi connectivity index (χ1v) is 10.7. The molecule has 194 valence electrons. The van der Waals surface area contributed by atoms with Crippen molar-refractivity contribution < 1.29 is 31.4 Å². The first-order chi connectivity index (χ1) is 17.5. The minimum Gasteiger partial charge on any atom is -0.391 e. The number of pyridine rings is 2. The zero-order chi connectivity index (χ0) is 26.8. The Balaban J connectivity index is 1.66. The molecule has 9 nitrogen and oxygen atoms in total. The van der Waals surface area contributed by atoms with Gasteiger partial charge in [-0.3, -0.25) is 0 Å². The molecule has 0 radical (unpaired) electrons. The predicted molar refractivity (Wildman–Crippen MR) is 121 cm³/mol. The SMILES string of the molecule is CCC(O)CNc1cc(C(F)(F)F)c(-c2cnc3c(Nc4ccc(C(F)(F)F)cn4)ccnc3n2)nn1. The lowest BCUT2D eigenvalue weighted by Gasteiger charge is -2.14. The lowest BCUT2D eigenvalue weighted by Crippen LogP contribution is -2.20. The maximum atomic E-state index is 13.8. The molecule has 4 heterocycles. The van der Waals surface area contributed by atoms with Crippen molar-refractivity contribution in [3.8, 4) is 11.4 Å². The number of aromatic nitrogens is 6. The number of fused-ring (bicyclic) bond motifs is 1. The molecule has 0 aromatic carbocycles. The van der Waals surface area contributed by atoms with E-state index in [-0.39, 0.29) is 40.7 Å². The van der Waals surface area contributed by atoms with E-state index in [1.54, 1.807) is 6.92 Å². The van der Waals surface area contributed by atoms with Gasteiger partial charge in [0.05, 0.1) is 29.1 Å². The minimum absolute atomic E-state index is 0.00884. The minimum atomic E-state index is -4.80. The first kappa shape index (κ1) is 25.9. The Morgan fingerprint density at radius 1 is 0.919 bits per heavy atom. The fraction of sp³-hybridized carbons (Fsp3) is 0.273. The summed E-state index contributed by atoms with van der Waals surface area (Å²) in [6.07, 6.45) is -6.69. The molecule has 0 aliphatic heterocycles. The average Bonchev–Trinajstić information content (AvgIpc) is 2.86. The molecule has 0 bridgehead atoms.